The van der Waals surface area contributed by atoms with Gasteiger partial charge in [0.05, 0.1) is 5.92 Å². The minimum Gasteiger partial charge on any atom is -0.455 e. The van der Waals surface area contributed by atoms with Gasteiger partial charge in [-0.05, 0) is 39.0 Å². The highest BCUT2D eigenvalue weighted by Crippen LogP contribution is 2.35. The highest BCUT2D eigenvalue weighted by atomic mass is 16.5. The molecule has 1 saturated carbocycles. The number of esters is 1. The summed E-state index contributed by atoms with van der Waals surface area (Å²) in [7, 11) is 0. The van der Waals surface area contributed by atoms with E-state index in [-0.39, 0.29) is 18.4 Å². The van der Waals surface area contributed by atoms with Crippen LogP contribution >= 0.6 is 0 Å². The Morgan fingerprint density at radius 1 is 1.18 bits per heavy atom. The fourth-order valence-corrected chi connectivity index (χ4v) is 3.99. The van der Waals surface area contributed by atoms with Crippen LogP contribution in [0.3, 0.4) is 0 Å². The third-order valence-corrected chi connectivity index (χ3v) is 5.64. The topological polar surface area (TPSA) is 105 Å². The molecular weight excluding hydrogens is 362 g/mol. The minimum atomic E-state index is -0.703. The summed E-state index contributed by atoms with van der Waals surface area (Å²) < 4.78 is 5.04. The molecule has 2 fully saturated rings. The predicted molar refractivity (Wildman–Crippen MR) is 103 cm³/mol. The Balaban J connectivity index is 1.81. The molecule has 28 heavy (non-hydrogen) atoms. The van der Waals surface area contributed by atoms with Crippen LogP contribution in [-0.4, -0.2) is 53.4 Å². The number of carbonyl (C=O) groups is 4. The number of carbonyl (C=O) groups excluding carboxylic acids is 4. The molecule has 1 heterocycles. The van der Waals surface area contributed by atoms with E-state index in [0.717, 1.165) is 12.8 Å². The van der Waals surface area contributed by atoms with Gasteiger partial charge in [0, 0.05) is 24.5 Å². The zero-order valence-corrected chi connectivity index (χ0v) is 17.5. The van der Waals surface area contributed by atoms with Crippen molar-refractivity contribution >= 4 is 23.8 Å². The molecule has 158 valence electrons. The van der Waals surface area contributed by atoms with Crippen LogP contribution in [0.2, 0.25) is 0 Å². The van der Waals surface area contributed by atoms with E-state index in [9.17, 15) is 19.2 Å². The van der Waals surface area contributed by atoms with Crippen molar-refractivity contribution in [2.75, 3.05) is 13.2 Å². The molecule has 0 radical (unpaired) electrons. The van der Waals surface area contributed by atoms with E-state index in [1.54, 1.807) is 20.8 Å². The Hall–Kier alpha value is -2.12. The van der Waals surface area contributed by atoms with Crippen molar-refractivity contribution in [3.8, 4) is 0 Å². The predicted octanol–water partition coefficient (Wildman–Crippen LogP) is 1.83. The number of urea groups is 1. The standard InChI is InChI=1S/C20H33N3O5/c1-12-7-6-8-15(13(12)2)23-10-14(9-17(23)25)18(26)28-11-16(24)21-19(27)22-20(3,4)5/h12-15H,6-11H2,1-5H3,(H2,21,22,24,27)/t12-,13+,14+,15+/m0/s1. The Kier molecular flexibility index (Phi) is 7.06. The summed E-state index contributed by atoms with van der Waals surface area (Å²) in [5.74, 6) is -0.903. The number of hydrogen-bond donors (Lipinski definition) is 2. The fourth-order valence-electron chi connectivity index (χ4n) is 3.99. The summed E-state index contributed by atoms with van der Waals surface area (Å²) in [5.41, 5.74) is -0.484. The maximum absolute atomic E-state index is 12.4. The lowest BCUT2D eigenvalue weighted by Gasteiger charge is -2.39. The monoisotopic (exact) mass is 395 g/mol. The van der Waals surface area contributed by atoms with Crippen molar-refractivity contribution in [1.29, 1.82) is 0 Å². The summed E-state index contributed by atoms with van der Waals surface area (Å²) in [6.45, 7) is 9.52. The van der Waals surface area contributed by atoms with Gasteiger partial charge in [0.25, 0.3) is 5.91 Å². The smallest absolute Gasteiger partial charge is 0.321 e. The first-order chi connectivity index (χ1) is 13.0. The van der Waals surface area contributed by atoms with Crippen LogP contribution in [-0.2, 0) is 19.1 Å². The Labute approximate surface area is 166 Å². The molecule has 8 nitrogen and oxygen atoms in total. The maximum Gasteiger partial charge on any atom is 0.321 e. The number of imide groups is 1. The molecule has 2 aliphatic rings. The molecule has 1 saturated heterocycles. The second-order valence-electron chi connectivity index (χ2n) is 9.14. The molecule has 1 aliphatic carbocycles. The molecule has 4 atom stereocenters. The molecule has 0 aromatic carbocycles. The second-order valence-corrected chi connectivity index (χ2v) is 9.14. The van der Waals surface area contributed by atoms with Gasteiger partial charge in [0.15, 0.2) is 6.61 Å². The molecule has 1 aliphatic heterocycles. The van der Waals surface area contributed by atoms with Crippen molar-refractivity contribution in [3.05, 3.63) is 0 Å². The molecule has 0 aromatic rings. The Morgan fingerprint density at radius 2 is 1.86 bits per heavy atom. The van der Waals surface area contributed by atoms with Gasteiger partial charge in [-0.15, -0.1) is 0 Å². The number of ether oxygens (including phenoxy) is 1. The third kappa shape index (κ3) is 5.94. The van der Waals surface area contributed by atoms with Gasteiger partial charge in [-0.25, -0.2) is 4.79 Å². The van der Waals surface area contributed by atoms with Gasteiger partial charge in [-0.1, -0.05) is 26.7 Å². The molecule has 4 amide bonds. The molecule has 8 heteroatoms. The number of rotatable bonds is 4. The molecule has 2 rings (SSSR count). The maximum atomic E-state index is 12.4. The van der Waals surface area contributed by atoms with E-state index < -0.39 is 36.0 Å². The molecule has 0 aromatic heterocycles. The third-order valence-electron chi connectivity index (χ3n) is 5.64. The first-order valence-electron chi connectivity index (χ1n) is 10.1. The van der Waals surface area contributed by atoms with E-state index >= 15 is 0 Å². The van der Waals surface area contributed by atoms with Crippen LogP contribution in [0.15, 0.2) is 0 Å². The highest BCUT2D eigenvalue weighted by molar-refractivity contribution is 5.96. The summed E-state index contributed by atoms with van der Waals surface area (Å²) >= 11 is 0. The number of likely N-dealkylation sites (tertiary alicyclic amines) is 1. The summed E-state index contributed by atoms with van der Waals surface area (Å²) in [5, 5.41) is 4.70. The molecule has 2 N–H and O–H groups in total. The van der Waals surface area contributed by atoms with E-state index in [4.69, 9.17) is 4.74 Å². The van der Waals surface area contributed by atoms with Crippen molar-refractivity contribution in [1.82, 2.24) is 15.5 Å². The average Bonchev–Trinajstić information content (AvgIpc) is 2.95. The van der Waals surface area contributed by atoms with Crippen molar-refractivity contribution in [2.24, 2.45) is 17.8 Å². The van der Waals surface area contributed by atoms with Crippen LogP contribution < -0.4 is 10.6 Å². The fraction of sp³-hybridized carbons (Fsp3) is 0.800. The molecular formula is C20H33N3O5. The Morgan fingerprint density at radius 3 is 2.50 bits per heavy atom. The largest absolute Gasteiger partial charge is 0.455 e. The van der Waals surface area contributed by atoms with E-state index in [1.807, 2.05) is 4.90 Å². The minimum absolute atomic E-state index is 0.0260. The lowest BCUT2D eigenvalue weighted by molar-refractivity contribution is -0.152. The van der Waals surface area contributed by atoms with Crippen LogP contribution in [0, 0.1) is 17.8 Å². The summed E-state index contributed by atoms with van der Waals surface area (Å²) in [6.07, 6.45) is 3.34. The Bertz CT molecular complexity index is 628. The average molecular weight is 396 g/mol. The molecule has 0 bridgehead atoms. The zero-order valence-electron chi connectivity index (χ0n) is 17.5. The number of hydrogen-bond acceptors (Lipinski definition) is 5. The van der Waals surface area contributed by atoms with Crippen molar-refractivity contribution in [3.63, 3.8) is 0 Å². The van der Waals surface area contributed by atoms with E-state index in [1.165, 1.54) is 6.42 Å². The zero-order chi connectivity index (χ0) is 21.1. The van der Waals surface area contributed by atoms with Crippen molar-refractivity contribution in [2.45, 2.75) is 71.9 Å². The number of nitrogens with zero attached hydrogens (tertiary/aromatic N) is 1. The van der Waals surface area contributed by atoms with Crippen LogP contribution in [0.25, 0.3) is 0 Å². The quantitative estimate of drug-likeness (QED) is 0.707. The number of amides is 4. The van der Waals surface area contributed by atoms with Gasteiger partial charge >= 0.3 is 12.0 Å². The summed E-state index contributed by atoms with van der Waals surface area (Å²) in [6, 6.07) is -0.477. The molecule has 0 spiro atoms. The lowest BCUT2D eigenvalue weighted by atomic mass is 9.77. The van der Waals surface area contributed by atoms with Gasteiger partial charge in [-0.2, -0.15) is 0 Å². The SMILES string of the molecule is C[C@H]1[C@H](N2C[C@H](C(=O)OCC(=O)NC(=O)NC(C)(C)C)CC2=O)CCC[C@@H]1C. The lowest BCUT2D eigenvalue weighted by Crippen LogP contribution is -2.49. The first kappa shape index (κ1) is 22.2. The van der Waals surface area contributed by atoms with Gasteiger partial charge in [0.2, 0.25) is 5.91 Å². The van der Waals surface area contributed by atoms with Crippen LogP contribution in [0.4, 0.5) is 4.79 Å². The van der Waals surface area contributed by atoms with Crippen LogP contribution in [0.5, 0.6) is 0 Å². The van der Waals surface area contributed by atoms with E-state index in [2.05, 4.69) is 24.5 Å². The molecule has 0 unspecified atom stereocenters. The first-order valence-corrected chi connectivity index (χ1v) is 10.1. The highest BCUT2D eigenvalue weighted by Gasteiger charge is 2.42. The van der Waals surface area contributed by atoms with Crippen LogP contribution in [0.1, 0.15) is 60.3 Å². The van der Waals surface area contributed by atoms with Gasteiger partial charge in [-0.3, -0.25) is 19.7 Å². The van der Waals surface area contributed by atoms with Gasteiger partial charge in [0.1, 0.15) is 0 Å². The number of nitrogens with one attached hydrogen (secondary N) is 2. The summed E-state index contributed by atoms with van der Waals surface area (Å²) in [4.78, 5) is 50.0. The van der Waals surface area contributed by atoms with Crippen molar-refractivity contribution < 1.29 is 23.9 Å². The van der Waals surface area contributed by atoms with Gasteiger partial charge < -0.3 is 15.0 Å². The normalized spacial score (nSPS) is 28.0. The van der Waals surface area contributed by atoms with E-state index in [0.29, 0.717) is 18.4 Å². The second kappa shape index (κ2) is 8.92.